The first-order chi connectivity index (χ1) is 8.00. The van der Waals surface area contributed by atoms with Crippen LogP contribution in [0.15, 0.2) is 30.8 Å². The average molecular weight is 231 g/mol. The van der Waals surface area contributed by atoms with Crippen LogP contribution >= 0.6 is 0 Å². The number of hydrogen-bond donors (Lipinski definition) is 1. The second kappa shape index (κ2) is 6.61. The Morgan fingerprint density at radius 1 is 1.12 bits per heavy atom. The van der Waals surface area contributed by atoms with Gasteiger partial charge in [-0.15, -0.1) is 0 Å². The monoisotopic (exact) mass is 231 g/mol. The van der Waals surface area contributed by atoms with Crippen molar-refractivity contribution in [2.75, 3.05) is 6.54 Å². The maximum absolute atomic E-state index is 4.13. The van der Waals surface area contributed by atoms with E-state index >= 15 is 0 Å². The first kappa shape index (κ1) is 14.0. The van der Waals surface area contributed by atoms with Gasteiger partial charge in [-0.3, -0.25) is 0 Å². The summed E-state index contributed by atoms with van der Waals surface area (Å²) in [5.41, 5.74) is 3.87. The third-order valence-electron chi connectivity index (χ3n) is 2.99. The summed E-state index contributed by atoms with van der Waals surface area (Å²) < 4.78 is 0. The van der Waals surface area contributed by atoms with Gasteiger partial charge in [-0.05, 0) is 35.6 Å². The van der Waals surface area contributed by atoms with Crippen molar-refractivity contribution in [3.05, 3.63) is 42.0 Å². The van der Waals surface area contributed by atoms with Gasteiger partial charge in [-0.1, -0.05) is 58.5 Å². The largest absolute Gasteiger partial charge is 0.314 e. The molecule has 0 aliphatic carbocycles. The van der Waals surface area contributed by atoms with Crippen molar-refractivity contribution in [1.82, 2.24) is 5.32 Å². The molecule has 0 aliphatic heterocycles. The van der Waals surface area contributed by atoms with Crippen LogP contribution in [0.3, 0.4) is 0 Å². The van der Waals surface area contributed by atoms with Crippen molar-refractivity contribution in [3.8, 4) is 0 Å². The predicted molar refractivity (Wildman–Crippen MR) is 77.2 cm³/mol. The van der Waals surface area contributed by atoms with E-state index in [2.05, 4.69) is 63.9 Å². The van der Waals surface area contributed by atoms with Crippen molar-refractivity contribution in [2.24, 2.45) is 5.92 Å². The normalized spacial score (nSPS) is 11.2. The van der Waals surface area contributed by atoms with Crippen molar-refractivity contribution in [2.45, 2.75) is 40.2 Å². The van der Waals surface area contributed by atoms with Gasteiger partial charge in [-0.25, -0.2) is 0 Å². The second-order valence-electron chi connectivity index (χ2n) is 5.24. The molecule has 1 aromatic rings. The van der Waals surface area contributed by atoms with E-state index in [-0.39, 0.29) is 0 Å². The molecule has 1 nitrogen and oxygen atoms in total. The number of nitrogens with one attached hydrogen (secondary N) is 1. The van der Waals surface area contributed by atoms with Crippen molar-refractivity contribution >= 4 is 5.57 Å². The smallest absolute Gasteiger partial charge is 0.00105 e. The summed E-state index contributed by atoms with van der Waals surface area (Å²) in [6.45, 7) is 13.9. The zero-order valence-corrected chi connectivity index (χ0v) is 11.6. The van der Waals surface area contributed by atoms with Gasteiger partial charge in [0.15, 0.2) is 0 Å². The molecule has 0 saturated carbocycles. The molecule has 0 aromatic heterocycles. The fraction of sp³-hybridized carbons (Fsp3) is 0.500. The second-order valence-corrected chi connectivity index (χ2v) is 5.24. The van der Waals surface area contributed by atoms with E-state index < -0.39 is 0 Å². The topological polar surface area (TPSA) is 12.0 Å². The molecule has 0 aliphatic rings. The summed E-state index contributed by atoms with van der Waals surface area (Å²) in [4.78, 5) is 0. The predicted octanol–water partition coefficient (Wildman–Crippen LogP) is 3.90. The molecule has 1 heteroatoms. The summed E-state index contributed by atoms with van der Waals surface area (Å²) >= 11 is 0. The molecule has 1 N–H and O–H groups in total. The minimum Gasteiger partial charge on any atom is -0.314 e. The van der Waals surface area contributed by atoms with Crippen LogP contribution in [-0.2, 0) is 6.42 Å². The standard InChI is InChI=1S/C16H25N/c1-12(2)14(5)16-8-6-15(7-9-16)10-11-17-13(3)4/h6-9,12-13,17H,5,10-11H2,1-4H3. The molecule has 0 radical (unpaired) electrons. The molecule has 1 rings (SSSR count). The van der Waals surface area contributed by atoms with Gasteiger partial charge in [0.2, 0.25) is 0 Å². The Bertz CT molecular complexity index is 346. The van der Waals surface area contributed by atoms with Crippen LogP contribution in [0.1, 0.15) is 38.8 Å². The van der Waals surface area contributed by atoms with Crippen LogP contribution in [0.25, 0.3) is 5.57 Å². The highest BCUT2D eigenvalue weighted by Gasteiger charge is 2.03. The van der Waals surface area contributed by atoms with E-state index in [1.54, 1.807) is 0 Å². The number of allylic oxidation sites excluding steroid dienone is 1. The molecule has 0 saturated heterocycles. The Labute approximate surface area is 106 Å². The lowest BCUT2D eigenvalue weighted by atomic mass is 9.96. The number of hydrogen-bond acceptors (Lipinski definition) is 1. The highest BCUT2D eigenvalue weighted by molar-refractivity contribution is 5.64. The molecule has 0 unspecified atom stereocenters. The van der Waals surface area contributed by atoms with Gasteiger partial charge >= 0.3 is 0 Å². The van der Waals surface area contributed by atoms with Gasteiger partial charge in [0.1, 0.15) is 0 Å². The first-order valence-electron chi connectivity index (χ1n) is 6.52. The van der Waals surface area contributed by atoms with Gasteiger partial charge < -0.3 is 5.32 Å². The summed E-state index contributed by atoms with van der Waals surface area (Å²) in [5.74, 6) is 0.517. The third kappa shape index (κ3) is 4.74. The summed E-state index contributed by atoms with van der Waals surface area (Å²) in [6, 6.07) is 9.37. The van der Waals surface area contributed by atoms with Gasteiger partial charge in [0, 0.05) is 6.04 Å². The lowest BCUT2D eigenvalue weighted by Crippen LogP contribution is -2.24. The lowest BCUT2D eigenvalue weighted by Gasteiger charge is -2.11. The van der Waals surface area contributed by atoms with Crippen LogP contribution in [-0.4, -0.2) is 12.6 Å². The fourth-order valence-electron chi connectivity index (χ4n) is 1.72. The third-order valence-corrected chi connectivity index (χ3v) is 2.99. The van der Waals surface area contributed by atoms with Gasteiger partial charge in [0.05, 0.1) is 0 Å². The zero-order chi connectivity index (χ0) is 12.8. The minimum absolute atomic E-state index is 0.517. The van der Waals surface area contributed by atoms with Crippen LogP contribution in [0, 0.1) is 5.92 Å². The summed E-state index contributed by atoms with van der Waals surface area (Å²) in [6.07, 6.45) is 1.09. The van der Waals surface area contributed by atoms with Crippen LogP contribution in [0.4, 0.5) is 0 Å². The SMILES string of the molecule is C=C(c1ccc(CCNC(C)C)cc1)C(C)C. The Hall–Kier alpha value is -1.08. The number of benzene rings is 1. The molecule has 0 fully saturated rings. The molecule has 0 atom stereocenters. The van der Waals surface area contributed by atoms with E-state index in [1.807, 2.05) is 0 Å². The van der Waals surface area contributed by atoms with Crippen molar-refractivity contribution in [1.29, 1.82) is 0 Å². The summed E-state index contributed by atoms with van der Waals surface area (Å²) in [7, 11) is 0. The quantitative estimate of drug-likeness (QED) is 0.783. The van der Waals surface area contributed by atoms with Crippen LogP contribution in [0.5, 0.6) is 0 Å². The van der Waals surface area contributed by atoms with Crippen molar-refractivity contribution in [3.63, 3.8) is 0 Å². The molecule has 0 bridgehead atoms. The average Bonchev–Trinajstić information content (AvgIpc) is 2.28. The molecule has 0 heterocycles. The van der Waals surface area contributed by atoms with E-state index in [4.69, 9.17) is 0 Å². The maximum atomic E-state index is 4.13. The molecule has 0 spiro atoms. The molecular formula is C16H25N. The number of rotatable bonds is 6. The van der Waals surface area contributed by atoms with E-state index in [0.717, 1.165) is 13.0 Å². The Morgan fingerprint density at radius 2 is 1.71 bits per heavy atom. The van der Waals surface area contributed by atoms with Crippen LogP contribution in [0.2, 0.25) is 0 Å². The van der Waals surface area contributed by atoms with E-state index in [0.29, 0.717) is 12.0 Å². The Balaban J connectivity index is 2.53. The Morgan fingerprint density at radius 3 is 2.18 bits per heavy atom. The molecule has 1 aromatic carbocycles. The molecular weight excluding hydrogens is 206 g/mol. The lowest BCUT2D eigenvalue weighted by molar-refractivity contribution is 0.590. The summed E-state index contributed by atoms with van der Waals surface area (Å²) in [5, 5.41) is 3.43. The molecule has 17 heavy (non-hydrogen) atoms. The van der Waals surface area contributed by atoms with E-state index in [9.17, 15) is 0 Å². The fourth-order valence-corrected chi connectivity index (χ4v) is 1.72. The van der Waals surface area contributed by atoms with Gasteiger partial charge in [-0.2, -0.15) is 0 Å². The maximum Gasteiger partial charge on any atom is 0.00105 e. The highest BCUT2D eigenvalue weighted by Crippen LogP contribution is 2.21. The van der Waals surface area contributed by atoms with Crippen LogP contribution < -0.4 is 5.32 Å². The Kier molecular flexibility index (Phi) is 5.43. The highest BCUT2D eigenvalue weighted by atomic mass is 14.9. The van der Waals surface area contributed by atoms with E-state index in [1.165, 1.54) is 16.7 Å². The van der Waals surface area contributed by atoms with Gasteiger partial charge in [0.25, 0.3) is 0 Å². The first-order valence-corrected chi connectivity index (χ1v) is 6.52. The molecule has 0 amide bonds. The minimum atomic E-state index is 0.517. The van der Waals surface area contributed by atoms with Crippen molar-refractivity contribution < 1.29 is 0 Å². The zero-order valence-electron chi connectivity index (χ0n) is 11.6. The molecule has 94 valence electrons.